The molecule has 1 heterocycles. The van der Waals surface area contributed by atoms with Gasteiger partial charge in [-0.1, -0.05) is 165 Å². The minimum Gasteiger partial charge on any atom is -0.445 e. The van der Waals surface area contributed by atoms with E-state index >= 15 is 0 Å². The molecule has 55 heavy (non-hydrogen) atoms. The molecule has 0 radical (unpaired) electrons. The van der Waals surface area contributed by atoms with E-state index in [0.717, 1.165) is 21.5 Å². The minimum absolute atomic E-state index is 0.0514. The fourth-order valence-corrected chi connectivity index (χ4v) is 11.6. The normalized spacial score (nSPS) is 12.1. The van der Waals surface area contributed by atoms with E-state index in [0.29, 0.717) is 11.1 Å². The zero-order chi connectivity index (χ0) is 39.4. The number of halogens is 2. The van der Waals surface area contributed by atoms with Crippen molar-refractivity contribution in [3.63, 3.8) is 0 Å². The Bertz CT molecular complexity index is 1950. The van der Waals surface area contributed by atoms with Crippen molar-refractivity contribution in [3.8, 4) is 0 Å². The lowest BCUT2D eigenvalue weighted by atomic mass is 10.0. The lowest BCUT2D eigenvalue weighted by Gasteiger charge is -2.44. The van der Waals surface area contributed by atoms with Crippen LogP contribution >= 0.6 is 23.2 Å². The van der Waals surface area contributed by atoms with Crippen molar-refractivity contribution >= 4 is 54.1 Å². The lowest BCUT2D eigenvalue weighted by molar-refractivity contribution is 0.0586. The Morgan fingerprint density at radius 1 is 0.691 bits per heavy atom. The molecule has 2 amide bonds. The van der Waals surface area contributed by atoms with Crippen LogP contribution < -0.4 is 10.4 Å². The molecule has 0 bridgehead atoms. The summed E-state index contributed by atoms with van der Waals surface area (Å²) in [5.41, 5.74) is 2.99. The molecule has 0 aliphatic rings. The minimum atomic E-state index is -3.08. The number of rotatable bonds is 15. The average molecular weight is 800 g/mol. The molecule has 288 valence electrons. The van der Waals surface area contributed by atoms with Gasteiger partial charge < -0.3 is 23.7 Å². The largest absolute Gasteiger partial charge is 0.445 e. The molecular formula is C43H48Cl2N4O5Si. The fraction of sp³-hybridized carbons (Fsp3) is 0.302. The number of hydrogen-bond acceptors (Lipinski definition) is 7. The van der Waals surface area contributed by atoms with E-state index in [4.69, 9.17) is 37.1 Å². The Hall–Kier alpha value is -4.74. The van der Waals surface area contributed by atoms with Crippen LogP contribution in [0.25, 0.3) is 0 Å². The second-order valence-corrected chi connectivity index (χ2v) is 19.4. The molecule has 1 aromatic heterocycles. The van der Waals surface area contributed by atoms with E-state index in [1.54, 1.807) is 11.9 Å². The van der Waals surface area contributed by atoms with Crippen LogP contribution in [0.15, 0.2) is 121 Å². The summed E-state index contributed by atoms with van der Waals surface area (Å²) in [5, 5.41) is 10.3. The maximum atomic E-state index is 14.4. The molecule has 0 fully saturated rings. The molecule has 0 saturated carbocycles. The fourth-order valence-electron chi connectivity index (χ4n) is 6.62. The van der Waals surface area contributed by atoms with Gasteiger partial charge in [0, 0.05) is 20.1 Å². The molecule has 0 N–H and O–H groups in total. The summed E-state index contributed by atoms with van der Waals surface area (Å²) in [6.07, 6.45) is -0.876. The summed E-state index contributed by atoms with van der Waals surface area (Å²) in [4.78, 5) is 30.6. The SMILES string of the molecule is Cc1c(Cl)nnc(Cl)c1CC(CO[Si](c1ccccc1)(c1ccccc1)C(C)(C)C)N(CCN(C)C(=O)OCc1ccccc1)C(=O)OCc1ccccc1. The van der Waals surface area contributed by atoms with Gasteiger partial charge in [0.1, 0.15) is 13.2 Å². The lowest BCUT2D eigenvalue weighted by Crippen LogP contribution is -2.67. The maximum absolute atomic E-state index is 14.4. The van der Waals surface area contributed by atoms with Crippen LogP contribution in [-0.2, 0) is 33.5 Å². The van der Waals surface area contributed by atoms with Gasteiger partial charge in [-0.3, -0.25) is 0 Å². The molecule has 9 nitrogen and oxygen atoms in total. The van der Waals surface area contributed by atoms with Crippen molar-refractivity contribution < 1.29 is 23.5 Å². The second kappa shape index (κ2) is 19.2. The molecule has 4 aromatic carbocycles. The Kier molecular flexibility index (Phi) is 14.5. The molecule has 1 atom stereocenters. The summed E-state index contributed by atoms with van der Waals surface area (Å²) in [7, 11) is -1.43. The van der Waals surface area contributed by atoms with E-state index in [-0.39, 0.29) is 54.7 Å². The first kappa shape index (κ1) is 41.4. The van der Waals surface area contributed by atoms with Gasteiger partial charge >= 0.3 is 12.2 Å². The standard InChI is InChI=1S/C43H48Cl2N4O5Si/c1-32-38(40(45)47-46-39(32)44)28-35(31-54-55(43(2,3)4,36-22-14-8-15-23-36)37-24-16-9-17-25-37)49(42(51)53-30-34-20-12-7-13-21-34)27-26-48(5)41(50)52-29-33-18-10-6-11-19-33/h6-25,35H,26-31H2,1-5H3. The van der Waals surface area contributed by atoms with Crippen molar-refractivity contribution in [1.29, 1.82) is 0 Å². The van der Waals surface area contributed by atoms with Gasteiger partial charge in [0.15, 0.2) is 10.3 Å². The van der Waals surface area contributed by atoms with Crippen LogP contribution in [-0.4, -0.2) is 73.3 Å². The number of hydrogen-bond donors (Lipinski definition) is 0. The second-order valence-electron chi connectivity index (χ2n) is 14.4. The van der Waals surface area contributed by atoms with Crippen molar-refractivity contribution in [1.82, 2.24) is 20.0 Å². The number of carbonyl (C=O) groups excluding carboxylic acids is 2. The maximum Gasteiger partial charge on any atom is 0.410 e. The first-order chi connectivity index (χ1) is 26.4. The summed E-state index contributed by atoms with van der Waals surface area (Å²) >= 11 is 13.2. The third kappa shape index (κ3) is 10.5. The highest BCUT2D eigenvalue weighted by Crippen LogP contribution is 2.37. The smallest absolute Gasteiger partial charge is 0.410 e. The number of carbonyl (C=O) groups is 2. The van der Waals surface area contributed by atoms with E-state index in [9.17, 15) is 9.59 Å². The van der Waals surface area contributed by atoms with Gasteiger partial charge in [-0.25, -0.2) is 9.59 Å². The van der Waals surface area contributed by atoms with Crippen LogP contribution in [0, 0.1) is 6.92 Å². The van der Waals surface area contributed by atoms with Crippen molar-refractivity contribution in [2.45, 2.75) is 58.4 Å². The van der Waals surface area contributed by atoms with Crippen LogP contribution in [0.5, 0.6) is 0 Å². The van der Waals surface area contributed by atoms with Crippen LogP contribution in [0.3, 0.4) is 0 Å². The molecule has 0 spiro atoms. The number of aromatic nitrogens is 2. The van der Waals surface area contributed by atoms with E-state index in [1.807, 2.05) is 104 Å². The molecule has 0 aliphatic carbocycles. The molecule has 1 unspecified atom stereocenters. The van der Waals surface area contributed by atoms with E-state index < -0.39 is 26.5 Å². The first-order valence-corrected chi connectivity index (χ1v) is 20.9. The molecule has 5 rings (SSSR count). The third-order valence-corrected chi connectivity index (χ3v) is 15.3. The van der Waals surface area contributed by atoms with Crippen LogP contribution in [0.4, 0.5) is 9.59 Å². The predicted octanol–water partition coefficient (Wildman–Crippen LogP) is 8.49. The molecule has 0 saturated heterocycles. The first-order valence-electron chi connectivity index (χ1n) is 18.2. The van der Waals surface area contributed by atoms with Crippen molar-refractivity contribution in [2.24, 2.45) is 0 Å². The van der Waals surface area contributed by atoms with Gasteiger partial charge in [0.2, 0.25) is 0 Å². The van der Waals surface area contributed by atoms with E-state index in [2.05, 4.69) is 55.2 Å². The predicted molar refractivity (Wildman–Crippen MR) is 220 cm³/mol. The summed E-state index contributed by atoms with van der Waals surface area (Å²) in [6, 6.07) is 38.9. The van der Waals surface area contributed by atoms with Gasteiger partial charge in [-0.15, -0.1) is 10.2 Å². The topological polar surface area (TPSA) is 94.1 Å². The molecule has 0 aliphatic heterocycles. The number of ether oxygens (including phenoxy) is 2. The van der Waals surface area contributed by atoms with Crippen LogP contribution in [0.1, 0.15) is 43.0 Å². The highest BCUT2D eigenvalue weighted by Gasteiger charge is 2.50. The van der Waals surface area contributed by atoms with Crippen molar-refractivity contribution in [2.75, 3.05) is 26.7 Å². The number of amides is 2. The highest BCUT2D eigenvalue weighted by atomic mass is 35.5. The monoisotopic (exact) mass is 798 g/mol. The zero-order valence-corrected chi connectivity index (χ0v) is 34.5. The Balaban J connectivity index is 1.53. The Morgan fingerprint density at radius 3 is 1.64 bits per heavy atom. The number of benzene rings is 4. The quantitative estimate of drug-likeness (QED) is 0.0982. The van der Waals surface area contributed by atoms with Crippen molar-refractivity contribution in [3.05, 3.63) is 154 Å². The number of likely N-dealkylation sites (N-methyl/N-ethyl adjacent to an activating group) is 1. The summed E-state index contributed by atoms with van der Waals surface area (Å²) < 4.78 is 19.0. The molecular weight excluding hydrogens is 751 g/mol. The Labute approximate surface area is 335 Å². The third-order valence-electron chi connectivity index (χ3n) is 9.66. The highest BCUT2D eigenvalue weighted by molar-refractivity contribution is 6.99. The number of nitrogens with zero attached hydrogens (tertiary/aromatic N) is 4. The molecule has 5 aromatic rings. The molecule has 12 heteroatoms. The summed E-state index contributed by atoms with van der Waals surface area (Å²) in [6.45, 7) is 8.94. The van der Waals surface area contributed by atoms with Gasteiger partial charge in [0.05, 0.1) is 12.6 Å². The van der Waals surface area contributed by atoms with E-state index in [1.165, 1.54) is 4.90 Å². The van der Waals surface area contributed by atoms with Gasteiger partial charge in [-0.2, -0.15) is 0 Å². The van der Waals surface area contributed by atoms with Gasteiger partial charge in [-0.05, 0) is 51.0 Å². The summed E-state index contributed by atoms with van der Waals surface area (Å²) in [5.74, 6) is 0. The Morgan fingerprint density at radius 2 is 1.15 bits per heavy atom. The van der Waals surface area contributed by atoms with Gasteiger partial charge in [0.25, 0.3) is 8.32 Å². The zero-order valence-electron chi connectivity index (χ0n) is 32.0. The van der Waals surface area contributed by atoms with Crippen LogP contribution in [0.2, 0.25) is 15.3 Å². The average Bonchev–Trinajstić information content (AvgIpc) is 3.20.